The van der Waals surface area contributed by atoms with E-state index in [1.165, 1.54) is 6.07 Å². The summed E-state index contributed by atoms with van der Waals surface area (Å²) in [5.74, 6) is 0.0165. The molecule has 1 aromatic heterocycles. The van der Waals surface area contributed by atoms with Crippen molar-refractivity contribution in [1.82, 2.24) is 0 Å². The number of rotatable bonds is 4. The number of aliphatic hydroxyl groups excluding tert-OH is 1. The van der Waals surface area contributed by atoms with Crippen LogP contribution >= 0.6 is 0 Å². The average Bonchev–Trinajstić information content (AvgIpc) is 2.70. The Balaban J connectivity index is 1.91. The number of amides is 1. The van der Waals surface area contributed by atoms with Gasteiger partial charge in [-0.3, -0.25) is 4.79 Å². The normalized spacial score (nSPS) is 13.4. The van der Waals surface area contributed by atoms with Crippen LogP contribution in [-0.2, 0) is 6.42 Å². The lowest BCUT2D eigenvalue weighted by Gasteiger charge is -2.30. The maximum atomic E-state index is 13.6. The smallest absolute Gasteiger partial charge is 0.336 e. The number of hydrogen-bond acceptors (Lipinski definition) is 5. The van der Waals surface area contributed by atoms with Gasteiger partial charge in [-0.2, -0.15) is 0 Å². The molecule has 3 aromatic rings. The Morgan fingerprint density at radius 3 is 2.89 bits per heavy atom. The lowest BCUT2D eigenvalue weighted by atomic mass is 9.99. The predicted octanol–water partition coefficient (Wildman–Crippen LogP) is 3.07. The van der Waals surface area contributed by atoms with Gasteiger partial charge in [-0.1, -0.05) is 18.2 Å². The Labute approximate surface area is 162 Å². The third-order valence-corrected chi connectivity index (χ3v) is 5.00. The number of para-hydroxylation sites is 1. The Bertz CT molecular complexity index is 1100. The third kappa shape index (κ3) is 3.16. The number of aryl methyl sites for hydroxylation is 2. The topological polar surface area (TPSA) is 80.0 Å². The summed E-state index contributed by atoms with van der Waals surface area (Å²) in [6.45, 7) is 2.23. The van der Waals surface area contributed by atoms with E-state index in [0.717, 1.165) is 29.7 Å². The molecular weight excluding hydrogens is 358 g/mol. The highest BCUT2D eigenvalue weighted by atomic mass is 16.5. The number of benzene rings is 2. The lowest BCUT2D eigenvalue weighted by Crippen LogP contribution is -2.36. The van der Waals surface area contributed by atoms with Gasteiger partial charge in [-0.25, -0.2) is 4.79 Å². The van der Waals surface area contributed by atoms with Gasteiger partial charge in [0.15, 0.2) is 5.58 Å². The van der Waals surface area contributed by atoms with E-state index in [-0.39, 0.29) is 30.3 Å². The van der Waals surface area contributed by atoms with E-state index in [9.17, 15) is 9.59 Å². The van der Waals surface area contributed by atoms with E-state index in [4.69, 9.17) is 14.3 Å². The van der Waals surface area contributed by atoms with Crippen molar-refractivity contribution in [2.24, 2.45) is 0 Å². The van der Waals surface area contributed by atoms with E-state index in [0.29, 0.717) is 17.7 Å². The van der Waals surface area contributed by atoms with Gasteiger partial charge in [0.2, 0.25) is 0 Å². The van der Waals surface area contributed by atoms with E-state index < -0.39 is 5.63 Å². The van der Waals surface area contributed by atoms with E-state index >= 15 is 0 Å². The summed E-state index contributed by atoms with van der Waals surface area (Å²) in [6, 6.07) is 12.7. The molecule has 1 amide bonds. The Morgan fingerprint density at radius 2 is 2.07 bits per heavy atom. The van der Waals surface area contributed by atoms with Gasteiger partial charge in [0, 0.05) is 23.7 Å². The molecule has 0 saturated carbocycles. The standard InChI is InChI=1S/C22H21NO5/c1-14-13-19(25)28-21-16(14)8-9-18(27-12-11-24)20(21)22(26)23-10-4-6-15-5-2-3-7-17(15)23/h2-3,5,7-9,13,24H,4,6,10-12H2,1H3. The molecule has 4 rings (SSSR count). The molecule has 0 fully saturated rings. The maximum Gasteiger partial charge on any atom is 0.336 e. The minimum atomic E-state index is -0.516. The molecule has 0 unspecified atom stereocenters. The highest BCUT2D eigenvalue weighted by Crippen LogP contribution is 2.34. The number of carbonyl (C=O) groups excluding carboxylic acids is 1. The van der Waals surface area contributed by atoms with Crippen LogP contribution < -0.4 is 15.3 Å². The van der Waals surface area contributed by atoms with Crippen molar-refractivity contribution in [3.05, 3.63) is 69.6 Å². The SMILES string of the molecule is Cc1cc(=O)oc2c(C(=O)N3CCCc4ccccc43)c(OCCO)ccc12. The minimum absolute atomic E-state index is 0.0401. The number of hydrogen-bond donors (Lipinski definition) is 1. The largest absolute Gasteiger partial charge is 0.490 e. The van der Waals surface area contributed by atoms with Crippen LogP contribution in [0.3, 0.4) is 0 Å². The molecule has 2 heterocycles. The van der Waals surface area contributed by atoms with Crippen LogP contribution in [0, 0.1) is 6.92 Å². The fraction of sp³-hybridized carbons (Fsp3) is 0.273. The van der Waals surface area contributed by atoms with Crippen LogP contribution in [0.2, 0.25) is 0 Å². The van der Waals surface area contributed by atoms with Gasteiger partial charge in [0.25, 0.3) is 5.91 Å². The molecule has 1 N–H and O–H groups in total. The fourth-order valence-electron chi connectivity index (χ4n) is 3.72. The molecule has 0 atom stereocenters. The number of fused-ring (bicyclic) bond motifs is 2. The summed E-state index contributed by atoms with van der Waals surface area (Å²) in [5, 5.41) is 9.83. The lowest BCUT2D eigenvalue weighted by molar-refractivity contribution is 0.0980. The second-order valence-electron chi connectivity index (χ2n) is 6.82. The third-order valence-electron chi connectivity index (χ3n) is 5.00. The first-order valence-electron chi connectivity index (χ1n) is 9.31. The van der Waals surface area contributed by atoms with E-state index in [2.05, 4.69) is 0 Å². The maximum absolute atomic E-state index is 13.6. The van der Waals surface area contributed by atoms with Crippen molar-refractivity contribution in [3.63, 3.8) is 0 Å². The highest BCUT2D eigenvalue weighted by Gasteiger charge is 2.29. The molecule has 0 aliphatic carbocycles. The van der Waals surface area contributed by atoms with Crippen molar-refractivity contribution >= 4 is 22.6 Å². The average molecular weight is 379 g/mol. The molecule has 28 heavy (non-hydrogen) atoms. The second-order valence-corrected chi connectivity index (χ2v) is 6.82. The molecule has 144 valence electrons. The molecule has 0 saturated heterocycles. The van der Waals surface area contributed by atoms with Crippen LogP contribution in [0.25, 0.3) is 11.0 Å². The van der Waals surface area contributed by atoms with E-state index in [1.807, 2.05) is 24.3 Å². The molecule has 0 bridgehead atoms. The van der Waals surface area contributed by atoms with Crippen molar-refractivity contribution in [1.29, 1.82) is 0 Å². The molecule has 0 spiro atoms. The molecule has 6 heteroatoms. The fourth-order valence-corrected chi connectivity index (χ4v) is 3.72. The van der Waals surface area contributed by atoms with Gasteiger partial charge in [-0.15, -0.1) is 0 Å². The number of aliphatic hydroxyl groups is 1. The van der Waals surface area contributed by atoms with Gasteiger partial charge >= 0.3 is 5.63 Å². The van der Waals surface area contributed by atoms with Gasteiger partial charge in [0.05, 0.1) is 6.61 Å². The van der Waals surface area contributed by atoms with Crippen LogP contribution in [0.15, 0.2) is 51.7 Å². The Kier molecular flexibility index (Phi) is 4.88. The summed E-state index contributed by atoms with van der Waals surface area (Å²) >= 11 is 0. The summed E-state index contributed by atoms with van der Waals surface area (Å²) in [6.07, 6.45) is 1.76. The number of carbonyl (C=O) groups is 1. The van der Waals surface area contributed by atoms with Crippen LogP contribution in [-0.4, -0.2) is 30.8 Å². The van der Waals surface area contributed by atoms with Crippen molar-refractivity contribution < 1.29 is 19.1 Å². The first-order valence-corrected chi connectivity index (χ1v) is 9.31. The quantitative estimate of drug-likeness (QED) is 0.705. The van der Waals surface area contributed by atoms with Gasteiger partial charge in [-0.05, 0) is 49.1 Å². The summed E-state index contributed by atoms with van der Waals surface area (Å²) in [7, 11) is 0. The second kappa shape index (κ2) is 7.48. The highest BCUT2D eigenvalue weighted by molar-refractivity contribution is 6.15. The van der Waals surface area contributed by atoms with Gasteiger partial charge in [0.1, 0.15) is 17.9 Å². The summed E-state index contributed by atoms with van der Waals surface area (Å²) in [4.78, 5) is 27.3. The first-order chi connectivity index (χ1) is 13.6. The Morgan fingerprint density at radius 1 is 1.25 bits per heavy atom. The predicted molar refractivity (Wildman–Crippen MR) is 106 cm³/mol. The number of ether oxygens (including phenoxy) is 1. The van der Waals surface area contributed by atoms with Crippen molar-refractivity contribution in [3.8, 4) is 5.75 Å². The zero-order chi connectivity index (χ0) is 19.7. The van der Waals surface area contributed by atoms with Crippen LogP contribution in [0.5, 0.6) is 5.75 Å². The van der Waals surface area contributed by atoms with Crippen LogP contribution in [0.1, 0.15) is 27.9 Å². The Hall–Kier alpha value is -3.12. The summed E-state index contributed by atoms with van der Waals surface area (Å²) in [5.41, 5.74) is 2.61. The number of anilines is 1. The van der Waals surface area contributed by atoms with E-state index in [1.54, 1.807) is 24.0 Å². The molecule has 0 radical (unpaired) electrons. The number of nitrogens with zero attached hydrogens (tertiary/aromatic N) is 1. The first kappa shape index (κ1) is 18.3. The zero-order valence-corrected chi connectivity index (χ0v) is 15.6. The molecule has 1 aliphatic heterocycles. The van der Waals surface area contributed by atoms with Crippen molar-refractivity contribution in [2.75, 3.05) is 24.7 Å². The zero-order valence-electron chi connectivity index (χ0n) is 15.6. The molecular formula is C22H21NO5. The summed E-state index contributed by atoms with van der Waals surface area (Å²) < 4.78 is 11.1. The minimum Gasteiger partial charge on any atom is -0.490 e. The molecule has 6 nitrogen and oxygen atoms in total. The van der Waals surface area contributed by atoms with Crippen molar-refractivity contribution in [2.45, 2.75) is 19.8 Å². The van der Waals surface area contributed by atoms with Gasteiger partial charge < -0.3 is 19.2 Å². The monoisotopic (exact) mass is 379 g/mol. The van der Waals surface area contributed by atoms with Crippen LogP contribution in [0.4, 0.5) is 5.69 Å². The molecule has 1 aliphatic rings. The molecule has 2 aromatic carbocycles.